The summed E-state index contributed by atoms with van der Waals surface area (Å²) in [6.45, 7) is 0. The molecule has 0 aliphatic heterocycles. The van der Waals surface area contributed by atoms with Crippen LogP contribution in [0.15, 0.2) is 36.4 Å². The topological polar surface area (TPSA) is 29.1 Å². The highest BCUT2D eigenvalue weighted by Gasteiger charge is 2.18. The predicted molar refractivity (Wildman–Crippen MR) is 96.3 cm³/mol. The summed E-state index contributed by atoms with van der Waals surface area (Å²) in [6.07, 6.45) is 0. The fraction of sp³-hybridized carbons (Fsp3) is 0. The Hall–Kier alpha value is -0.970. The summed E-state index contributed by atoms with van der Waals surface area (Å²) in [5, 5.41) is 4.92. The van der Waals surface area contributed by atoms with Crippen LogP contribution in [0.3, 0.4) is 0 Å². The number of thiophene rings is 1. The molecule has 0 spiro atoms. The van der Waals surface area contributed by atoms with Gasteiger partial charge < -0.3 is 5.32 Å². The fourth-order valence-corrected chi connectivity index (χ4v) is 3.96. The number of anilines is 1. The first-order valence-electron chi connectivity index (χ1n) is 6.10. The lowest BCUT2D eigenvalue weighted by Crippen LogP contribution is -2.11. The SMILES string of the molecule is O=C(Nc1cc(Cl)c(Cl)cc1Cl)c1sc2ccccc2c1Cl. The van der Waals surface area contributed by atoms with E-state index >= 15 is 0 Å². The Labute approximate surface area is 150 Å². The minimum absolute atomic E-state index is 0.306. The zero-order valence-corrected chi connectivity index (χ0v) is 14.6. The highest BCUT2D eigenvalue weighted by molar-refractivity contribution is 7.21. The fourth-order valence-electron chi connectivity index (χ4n) is 1.96. The molecule has 0 bridgehead atoms. The second-order valence-corrected chi connectivity index (χ2v) is 7.09. The zero-order valence-electron chi connectivity index (χ0n) is 10.8. The number of hydrogen-bond acceptors (Lipinski definition) is 2. The van der Waals surface area contributed by atoms with Crippen LogP contribution in [0.2, 0.25) is 20.1 Å². The van der Waals surface area contributed by atoms with E-state index in [1.54, 1.807) is 0 Å². The van der Waals surface area contributed by atoms with Gasteiger partial charge in [-0.3, -0.25) is 4.79 Å². The van der Waals surface area contributed by atoms with E-state index < -0.39 is 0 Å². The van der Waals surface area contributed by atoms with E-state index in [0.29, 0.717) is 30.7 Å². The molecule has 0 fully saturated rings. The van der Waals surface area contributed by atoms with Gasteiger partial charge in [0.1, 0.15) is 4.88 Å². The first-order valence-corrected chi connectivity index (χ1v) is 8.43. The van der Waals surface area contributed by atoms with Crippen molar-refractivity contribution in [2.45, 2.75) is 0 Å². The first-order chi connectivity index (χ1) is 10.5. The Morgan fingerprint density at radius 3 is 2.36 bits per heavy atom. The molecule has 0 aliphatic rings. The third kappa shape index (κ3) is 2.92. The summed E-state index contributed by atoms with van der Waals surface area (Å²) < 4.78 is 0.942. The van der Waals surface area contributed by atoms with Crippen LogP contribution in [0.25, 0.3) is 10.1 Å². The van der Waals surface area contributed by atoms with Crippen LogP contribution in [0.5, 0.6) is 0 Å². The van der Waals surface area contributed by atoms with Gasteiger partial charge in [-0.2, -0.15) is 0 Å². The third-order valence-electron chi connectivity index (χ3n) is 3.00. The van der Waals surface area contributed by atoms with Gasteiger partial charge in [-0.25, -0.2) is 0 Å². The molecular weight excluding hydrogens is 384 g/mol. The molecule has 2 nitrogen and oxygen atoms in total. The van der Waals surface area contributed by atoms with Gasteiger partial charge in [0.2, 0.25) is 0 Å². The van der Waals surface area contributed by atoms with Crippen molar-refractivity contribution in [3.8, 4) is 0 Å². The average molecular weight is 391 g/mol. The van der Waals surface area contributed by atoms with Crippen LogP contribution in [0.1, 0.15) is 9.67 Å². The van der Waals surface area contributed by atoms with Crippen molar-refractivity contribution < 1.29 is 4.79 Å². The molecule has 1 amide bonds. The maximum Gasteiger partial charge on any atom is 0.267 e. The van der Waals surface area contributed by atoms with Crippen molar-refractivity contribution >= 4 is 79.4 Å². The molecule has 0 radical (unpaired) electrons. The smallest absolute Gasteiger partial charge is 0.267 e. The summed E-state index contributed by atoms with van der Waals surface area (Å²) in [7, 11) is 0. The maximum absolute atomic E-state index is 12.4. The van der Waals surface area contributed by atoms with Gasteiger partial charge in [0.05, 0.1) is 25.8 Å². The van der Waals surface area contributed by atoms with E-state index in [1.165, 1.54) is 23.5 Å². The molecule has 0 aliphatic carbocycles. The van der Waals surface area contributed by atoms with Crippen LogP contribution < -0.4 is 5.32 Å². The van der Waals surface area contributed by atoms with Crippen LogP contribution in [0, 0.1) is 0 Å². The van der Waals surface area contributed by atoms with E-state index in [2.05, 4.69) is 5.32 Å². The average Bonchev–Trinajstić information content (AvgIpc) is 2.82. The van der Waals surface area contributed by atoms with Crippen molar-refractivity contribution in [3.63, 3.8) is 0 Å². The van der Waals surface area contributed by atoms with Crippen LogP contribution in [-0.4, -0.2) is 5.91 Å². The molecule has 0 saturated heterocycles. The Bertz CT molecular complexity index is 891. The Balaban J connectivity index is 1.97. The quantitative estimate of drug-likeness (QED) is 0.480. The van der Waals surface area contributed by atoms with Gasteiger partial charge in [0, 0.05) is 10.1 Å². The number of benzene rings is 2. The summed E-state index contributed by atoms with van der Waals surface area (Å²) in [5.41, 5.74) is 0.384. The van der Waals surface area contributed by atoms with Crippen molar-refractivity contribution in [1.29, 1.82) is 0 Å². The van der Waals surface area contributed by atoms with Crippen molar-refractivity contribution in [2.24, 2.45) is 0 Å². The second-order valence-electron chi connectivity index (χ2n) is 4.44. The van der Waals surface area contributed by atoms with E-state index in [9.17, 15) is 4.79 Å². The van der Waals surface area contributed by atoms with Crippen LogP contribution in [0.4, 0.5) is 5.69 Å². The van der Waals surface area contributed by atoms with E-state index in [0.717, 1.165) is 10.1 Å². The van der Waals surface area contributed by atoms with Crippen LogP contribution in [-0.2, 0) is 0 Å². The van der Waals surface area contributed by atoms with Gasteiger partial charge in [-0.05, 0) is 18.2 Å². The minimum Gasteiger partial charge on any atom is -0.320 e. The Morgan fingerprint density at radius 1 is 0.955 bits per heavy atom. The van der Waals surface area contributed by atoms with Crippen molar-refractivity contribution in [2.75, 3.05) is 5.32 Å². The molecule has 7 heteroatoms. The number of rotatable bonds is 2. The van der Waals surface area contributed by atoms with Gasteiger partial charge in [-0.1, -0.05) is 64.6 Å². The highest BCUT2D eigenvalue weighted by atomic mass is 35.5. The molecule has 2 aromatic carbocycles. The van der Waals surface area contributed by atoms with Gasteiger partial charge >= 0.3 is 0 Å². The molecule has 0 atom stereocenters. The predicted octanol–water partition coefficient (Wildman–Crippen LogP) is 6.77. The molecule has 0 unspecified atom stereocenters. The lowest BCUT2D eigenvalue weighted by atomic mass is 10.2. The van der Waals surface area contributed by atoms with E-state index in [1.807, 2.05) is 24.3 Å². The number of fused-ring (bicyclic) bond motifs is 1. The summed E-state index contributed by atoms with van der Waals surface area (Å²) in [5.74, 6) is -0.341. The van der Waals surface area contributed by atoms with Gasteiger partial charge in [-0.15, -0.1) is 11.3 Å². The molecule has 112 valence electrons. The molecule has 3 aromatic rings. The number of carbonyl (C=O) groups excluding carboxylic acids is 1. The number of carbonyl (C=O) groups is 1. The number of hydrogen-bond donors (Lipinski definition) is 1. The number of halogens is 4. The normalized spacial score (nSPS) is 10.9. The summed E-state index contributed by atoms with van der Waals surface area (Å²) in [4.78, 5) is 12.9. The summed E-state index contributed by atoms with van der Waals surface area (Å²) >= 11 is 25.5. The van der Waals surface area contributed by atoms with Crippen molar-refractivity contribution in [1.82, 2.24) is 0 Å². The second kappa shape index (κ2) is 6.26. The number of nitrogens with one attached hydrogen (secondary N) is 1. The standard InChI is InChI=1S/C15H7Cl4NOS/c16-8-5-10(18)11(6-9(8)17)20-15(21)14-13(19)7-3-1-2-4-12(7)22-14/h1-6H,(H,20,21). The lowest BCUT2D eigenvalue weighted by Gasteiger charge is -2.08. The minimum atomic E-state index is -0.341. The van der Waals surface area contributed by atoms with Crippen LogP contribution >= 0.6 is 57.7 Å². The third-order valence-corrected chi connectivity index (χ3v) is 5.71. The monoisotopic (exact) mass is 389 g/mol. The molecule has 3 rings (SSSR count). The maximum atomic E-state index is 12.4. The Morgan fingerprint density at radius 2 is 1.64 bits per heavy atom. The molecular formula is C15H7Cl4NOS. The molecule has 1 N–H and O–H groups in total. The molecule has 1 heterocycles. The van der Waals surface area contributed by atoms with Gasteiger partial charge in [0.25, 0.3) is 5.91 Å². The molecule has 1 aromatic heterocycles. The zero-order chi connectivity index (χ0) is 15.9. The van der Waals surface area contributed by atoms with Gasteiger partial charge in [0.15, 0.2) is 0 Å². The van der Waals surface area contributed by atoms with E-state index in [4.69, 9.17) is 46.4 Å². The van der Waals surface area contributed by atoms with Crippen molar-refractivity contribution in [3.05, 3.63) is 61.4 Å². The summed E-state index contributed by atoms with van der Waals surface area (Å²) in [6, 6.07) is 10.5. The number of amides is 1. The van der Waals surface area contributed by atoms with E-state index in [-0.39, 0.29) is 5.91 Å². The largest absolute Gasteiger partial charge is 0.320 e. The molecule has 22 heavy (non-hydrogen) atoms. The highest BCUT2D eigenvalue weighted by Crippen LogP contribution is 2.37. The lowest BCUT2D eigenvalue weighted by molar-refractivity contribution is 0.103. The molecule has 0 saturated carbocycles. The Kier molecular flexibility index (Phi) is 4.53. The first kappa shape index (κ1) is 15.9.